The molecule has 2 N–H and O–H groups in total. The van der Waals surface area contributed by atoms with Crippen LogP contribution < -0.4 is 5.32 Å². The maximum atomic E-state index is 11.3. The van der Waals surface area contributed by atoms with Gasteiger partial charge in [-0.25, -0.2) is 0 Å². The molecule has 0 saturated carbocycles. The molecule has 2 aromatic rings. The number of thioether (sulfide) groups is 1. The summed E-state index contributed by atoms with van der Waals surface area (Å²) >= 11 is 1.38. The molecule has 1 atom stereocenters. The number of nitrogens with zero attached hydrogens (tertiary/aromatic N) is 1. The largest absolute Gasteiger partial charge is 0.361 e. The Morgan fingerprint density at radius 2 is 2.24 bits per heavy atom. The monoisotopic (exact) mass is 303 g/mol. The Balaban J connectivity index is 1.77. The Hall–Kier alpha value is -1.46. The average molecular weight is 303 g/mol. The molecule has 1 amide bonds. The predicted octanol–water partition coefficient (Wildman–Crippen LogP) is 2.64. The number of hydrogen-bond acceptors (Lipinski definition) is 3. The van der Waals surface area contributed by atoms with Gasteiger partial charge in [0.25, 0.3) is 5.24 Å². The molecule has 0 bridgehead atoms. The molecule has 1 aromatic carbocycles. The second-order valence-corrected chi connectivity index (χ2v) is 6.88. The Labute approximate surface area is 129 Å². The highest BCUT2D eigenvalue weighted by atomic mass is 32.2. The summed E-state index contributed by atoms with van der Waals surface area (Å²) < 4.78 is 0. The fourth-order valence-corrected chi connectivity index (χ4v) is 3.53. The van der Waals surface area contributed by atoms with E-state index in [2.05, 4.69) is 53.7 Å². The number of aromatic amines is 1. The minimum absolute atomic E-state index is 0.106. The zero-order valence-electron chi connectivity index (χ0n) is 12.5. The topological polar surface area (TPSA) is 48.1 Å². The lowest BCUT2D eigenvalue weighted by Crippen LogP contribution is -2.28. The van der Waals surface area contributed by atoms with Crippen molar-refractivity contribution in [3.8, 4) is 0 Å². The first-order valence-corrected chi connectivity index (χ1v) is 8.27. The third-order valence-electron chi connectivity index (χ3n) is 3.88. The number of carbonyl (C=O) groups excluding carboxylic acids is 1. The number of hydrogen-bond donors (Lipinski definition) is 2. The van der Waals surface area contributed by atoms with Gasteiger partial charge < -0.3 is 15.2 Å². The minimum atomic E-state index is 0.106. The van der Waals surface area contributed by atoms with Crippen LogP contribution in [-0.4, -0.2) is 47.6 Å². The zero-order valence-corrected chi connectivity index (χ0v) is 13.3. The van der Waals surface area contributed by atoms with E-state index in [0.29, 0.717) is 0 Å². The van der Waals surface area contributed by atoms with Crippen LogP contribution in [0.2, 0.25) is 0 Å². The van der Waals surface area contributed by atoms with E-state index in [1.54, 1.807) is 0 Å². The van der Waals surface area contributed by atoms with E-state index in [1.807, 2.05) is 0 Å². The van der Waals surface area contributed by atoms with Gasteiger partial charge in [-0.05, 0) is 50.2 Å². The molecule has 112 valence electrons. The van der Waals surface area contributed by atoms with Crippen molar-refractivity contribution in [2.24, 2.45) is 0 Å². The van der Waals surface area contributed by atoms with E-state index in [9.17, 15) is 4.79 Å². The number of amides is 1. The summed E-state index contributed by atoms with van der Waals surface area (Å²) in [4.78, 5) is 16.8. The molecule has 0 radical (unpaired) electrons. The molecular weight excluding hydrogens is 282 g/mol. The molecule has 21 heavy (non-hydrogen) atoms. The number of nitrogens with one attached hydrogen (secondary N) is 2. The molecular formula is C16H21N3OS. The molecule has 1 saturated heterocycles. The number of benzene rings is 1. The molecule has 2 heterocycles. The van der Waals surface area contributed by atoms with Crippen molar-refractivity contribution in [1.29, 1.82) is 0 Å². The molecule has 1 aliphatic heterocycles. The number of H-pyrrole nitrogens is 1. The SMILES string of the molecule is CN(C)CCc1c[nH]c2ccc(CC3CSC(=O)N3)cc12. The quantitative estimate of drug-likeness (QED) is 0.893. The Morgan fingerprint density at radius 3 is 2.95 bits per heavy atom. The van der Waals surface area contributed by atoms with Crippen molar-refractivity contribution < 1.29 is 4.79 Å². The van der Waals surface area contributed by atoms with Gasteiger partial charge in [0.05, 0.1) is 0 Å². The van der Waals surface area contributed by atoms with Crippen molar-refractivity contribution in [1.82, 2.24) is 15.2 Å². The van der Waals surface area contributed by atoms with Crippen LogP contribution in [0.1, 0.15) is 11.1 Å². The van der Waals surface area contributed by atoms with Gasteiger partial charge in [0.2, 0.25) is 0 Å². The van der Waals surface area contributed by atoms with Gasteiger partial charge in [-0.15, -0.1) is 0 Å². The summed E-state index contributed by atoms with van der Waals surface area (Å²) in [5, 5.41) is 4.43. The highest BCUT2D eigenvalue weighted by Gasteiger charge is 2.21. The molecule has 5 heteroatoms. The Bertz CT molecular complexity index is 650. The average Bonchev–Trinajstić information content (AvgIpc) is 3.03. The Morgan fingerprint density at radius 1 is 1.38 bits per heavy atom. The van der Waals surface area contributed by atoms with E-state index in [0.717, 1.165) is 25.1 Å². The molecule has 1 unspecified atom stereocenters. The highest BCUT2D eigenvalue weighted by Crippen LogP contribution is 2.23. The minimum Gasteiger partial charge on any atom is -0.361 e. The van der Waals surface area contributed by atoms with Crippen molar-refractivity contribution >= 4 is 27.9 Å². The summed E-state index contributed by atoms with van der Waals surface area (Å²) in [5.41, 5.74) is 3.85. The molecule has 0 aliphatic carbocycles. The van der Waals surface area contributed by atoms with Crippen molar-refractivity contribution in [3.63, 3.8) is 0 Å². The molecule has 0 spiro atoms. The van der Waals surface area contributed by atoms with E-state index < -0.39 is 0 Å². The van der Waals surface area contributed by atoms with Crippen molar-refractivity contribution in [3.05, 3.63) is 35.5 Å². The maximum absolute atomic E-state index is 11.3. The van der Waals surface area contributed by atoms with Crippen LogP contribution in [0.25, 0.3) is 10.9 Å². The summed E-state index contributed by atoms with van der Waals surface area (Å²) in [6.07, 6.45) is 4.07. The highest BCUT2D eigenvalue weighted by molar-refractivity contribution is 8.13. The molecule has 1 aromatic heterocycles. The van der Waals surface area contributed by atoms with Crippen LogP contribution in [-0.2, 0) is 12.8 Å². The number of likely N-dealkylation sites (N-methyl/N-ethyl adjacent to an activating group) is 1. The van der Waals surface area contributed by atoms with Gasteiger partial charge in [-0.3, -0.25) is 4.79 Å². The van der Waals surface area contributed by atoms with Crippen LogP contribution in [0, 0.1) is 0 Å². The van der Waals surface area contributed by atoms with Gasteiger partial charge in [0, 0.05) is 35.4 Å². The predicted molar refractivity (Wildman–Crippen MR) is 89.0 cm³/mol. The number of aromatic nitrogens is 1. The van der Waals surface area contributed by atoms with E-state index >= 15 is 0 Å². The molecule has 3 rings (SSSR count). The first-order valence-electron chi connectivity index (χ1n) is 7.29. The summed E-state index contributed by atoms with van der Waals surface area (Å²) in [6, 6.07) is 6.84. The van der Waals surface area contributed by atoms with E-state index in [-0.39, 0.29) is 11.3 Å². The smallest absolute Gasteiger partial charge is 0.279 e. The first kappa shape index (κ1) is 14.5. The first-order chi connectivity index (χ1) is 10.1. The van der Waals surface area contributed by atoms with Gasteiger partial charge in [-0.2, -0.15) is 0 Å². The van der Waals surface area contributed by atoms with Crippen molar-refractivity contribution in [2.45, 2.75) is 18.9 Å². The zero-order chi connectivity index (χ0) is 14.8. The standard InChI is InChI=1S/C16H21N3OS/c1-19(2)6-5-12-9-17-15-4-3-11(8-14(12)15)7-13-10-21-16(20)18-13/h3-4,8-9,13,17H,5-7,10H2,1-2H3,(H,18,20). The second-order valence-electron chi connectivity index (χ2n) is 5.89. The summed E-state index contributed by atoms with van der Waals surface area (Å²) in [5.74, 6) is 0.873. The van der Waals surface area contributed by atoms with Gasteiger partial charge in [-0.1, -0.05) is 17.8 Å². The molecule has 4 nitrogen and oxygen atoms in total. The summed E-state index contributed by atoms with van der Waals surface area (Å²) in [6.45, 7) is 1.05. The number of fused-ring (bicyclic) bond motifs is 1. The van der Waals surface area contributed by atoms with Crippen LogP contribution in [0.5, 0.6) is 0 Å². The van der Waals surface area contributed by atoms with Crippen LogP contribution in [0.4, 0.5) is 4.79 Å². The van der Waals surface area contributed by atoms with E-state index in [1.165, 1.54) is 33.8 Å². The van der Waals surface area contributed by atoms with Crippen molar-refractivity contribution in [2.75, 3.05) is 26.4 Å². The molecule has 1 aliphatic rings. The maximum Gasteiger partial charge on any atom is 0.279 e. The normalized spacial score (nSPS) is 18.6. The number of rotatable bonds is 5. The third kappa shape index (κ3) is 3.41. The van der Waals surface area contributed by atoms with E-state index in [4.69, 9.17) is 0 Å². The fourth-order valence-electron chi connectivity index (χ4n) is 2.72. The molecule has 1 fully saturated rings. The third-order valence-corrected chi connectivity index (χ3v) is 4.83. The van der Waals surface area contributed by atoms with Gasteiger partial charge >= 0.3 is 0 Å². The van der Waals surface area contributed by atoms with Crippen LogP contribution >= 0.6 is 11.8 Å². The lowest BCUT2D eigenvalue weighted by Gasteiger charge is -2.10. The lowest BCUT2D eigenvalue weighted by molar-refractivity contribution is 0.260. The van der Waals surface area contributed by atoms with Gasteiger partial charge in [0.15, 0.2) is 0 Å². The second kappa shape index (κ2) is 6.12. The number of carbonyl (C=O) groups is 1. The van der Waals surface area contributed by atoms with Gasteiger partial charge in [0.1, 0.15) is 0 Å². The Kier molecular flexibility index (Phi) is 4.22. The summed E-state index contributed by atoms with van der Waals surface area (Å²) in [7, 11) is 4.20. The van der Waals surface area contributed by atoms with Crippen LogP contribution in [0.15, 0.2) is 24.4 Å². The lowest BCUT2D eigenvalue weighted by atomic mass is 10.0. The van der Waals surface area contributed by atoms with Crippen LogP contribution in [0.3, 0.4) is 0 Å². The fraction of sp³-hybridized carbons (Fsp3) is 0.438.